The van der Waals surface area contributed by atoms with Gasteiger partial charge in [0.25, 0.3) is 0 Å². The molecule has 4 rings (SSSR count). The van der Waals surface area contributed by atoms with Gasteiger partial charge in [-0.3, -0.25) is 71.9 Å². The molecule has 0 radical (unpaired) electrons. The zero-order chi connectivity index (χ0) is 72.7. The molecular weight excluding hydrogens is 1270 g/mol. The van der Waals surface area contributed by atoms with Gasteiger partial charge in [0.1, 0.15) is 72.2 Å². The van der Waals surface area contributed by atoms with Gasteiger partial charge < -0.3 is 106 Å². The number of amides is 15. The summed E-state index contributed by atoms with van der Waals surface area (Å²) in [5.74, 6) is -15.6. The first-order chi connectivity index (χ1) is 45.6. The Morgan fingerprint density at radius 2 is 1.04 bits per heavy atom. The summed E-state index contributed by atoms with van der Waals surface area (Å²) in [6.45, 7) is 11.4. The summed E-state index contributed by atoms with van der Waals surface area (Å²) in [6, 6.07) is -11.4. The fourth-order valence-corrected chi connectivity index (χ4v) is 11.3. The Morgan fingerprint density at radius 1 is 0.546 bits per heavy atom. The molecule has 1 aromatic rings. The largest absolute Gasteiger partial charge is 0.508 e. The molecule has 1 aromatic carbocycles. The topological polar surface area (TPSA) is 554 Å². The lowest BCUT2D eigenvalue weighted by atomic mass is 9.96. The van der Waals surface area contributed by atoms with Gasteiger partial charge in [-0.05, 0) is 101 Å². The van der Waals surface area contributed by atoms with Crippen molar-refractivity contribution < 1.29 is 92.3 Å². The summed E-state index contributed by atoms with van der Waals surface area (Å²) >= 11 is 0. The van der Waals surface area contributed by atoms with Crippen LogP contribution in [0.15, 0.2) is 24.3 Å². The summed E-state index contributed by atoms with van der Waals surface area (Å²) in [5, 5.41) is 67.9. The summed E-state index contributed by atoms with van der Waals surface area (Å²) < 4.78 is 0. The number of benzene rings is 1. The lowest BCUT2D eigenvalue weighted by molar-refractivity contribution is -0.148. The van der Waals surface area contributed by atoms with E-state index in [1.807, 2.05) is 27.7 Å². The fraction of sp³-hybridized carbons (Fsp3) is 0.661. The van der Waals surface area contributed by atoms with Crippen molar-refractivity contribution in [3.63, 3.8) is 0 Å². The van der Waals surface area contributed by atoms with Crippen LogP contribution in [0.4, 0.5) is 0 Å². The van der Waals surface area contributed by atoms with Crippen LogP contribution in [0.1, 0.15) is 125 Å². The first kappa shape index (κ1) is 80.3. The van der Waals surface area contributed by atoms with Crippen LogP contribution in [-0.4, -0.2) is 236 Å². The number of carbonyl (C=O) groups excluding carboxylic acids is 15. The van der Waals surface area contributed by atoms with Gasteiger partial charge in [-0.15, -0.1) is 0 Å². The number of primary amides is 3. The van der Waals surface area contributed by atoms with E-state index in [9.17, 15) is 92.3 Å². The predicted molar refractivity (Wildman–Crippen MR) is 344 cm³/mol. The van der Waals surface area contributed by atoms with Crippen LogP contribution in [0, 0.1) is 17.8 Å². The molecule has 21 N–H and O–H groups in total. The van der Waals surface area contributed by atoms with E-state index >= 15 is 0 Å². The number of nitrogens with zero attached hydrogens (tertiary/aromatic N) is 2. The molecule has 3 aliphatic rings. The number of aromatic hydroxyl groups is 1. The molecule has 0 unspecified atom stereocenters. The summed E-state index contributed by atoms with van der Waals surface area (Å²) in [5.41, 5.74) is 16.7. The highest BCUT2D eigenvalue weighted by Crippen LogP contribution is 2.27. The van der Waals surface area contributed by atoms with Gasteiger partial charge in [0.2, 0.25) is 88.6 Å². The minimum atomic E-state index is -1.91. The number of aliphatic hydroxyl groups is 3. The third-order valence-electron chi connectivity index (χ3n) is 16.9. The van der Waals surface area contributed by atoms with E-state index in [-0.39, 0.29) is 62.3 Å². The highest BCUT2D eigenvalue weighted by molar-refractivity contribution is 6.01. The number of hydrogen-bond acceptors (Lipinski definition) is 20. The van der Waals surface area contributed by atoms with Crippen LogP contribution in [0.3, 0.4) is 0 Å². The zero-order valence-corrected chi connectivity index (χ0v) is 56.0. The van der Waals surface area contributed by atoms with E-state index in [4.69, 9.17) is 17.2 Å². The lowest BCUT2D eigenvalue weighted by Gasteiger charge is -2.34. The lowest BCUT2D eigenvalue weighted by Crippen LogP contribution is -2.62. The van der Waals surface area contributed by atoms with Crippen LogP contribution in [0.5, 0.6) is 5.75 Å². The Labute approximate surface area is 561 Å². The number of aliphatic hydroxyl groups excluding tert-OH is 3. The van der Waals surface area contributed by atoms with E-state index in [2.05, 4.69) is 58.5 Å². The van der Waals surface area contributed by atoms with Crippen LogP contribution >= 0.6 is 0 Å². The monoisotopic (exact) mass is 1370 g/mol. The third-order valence-corrected chi connectivity index (χ3v) is 16.9. The van der Waals surface area contributed by atoms with E-state index in [0.717, 1.165) is 20.3 Å². The van der Waals surface area contributed by atoms with E-state index in [0.29, 0.717) is 37.8 Å². The first-order valence-corrected chi connectivity index (χ1v) is 32.5. The molecule has 15 amide bonds. The van der Waals surface area contributed by atoms with Crippen LogP contribution in [0.25, 0.3) is 0 Å². The Bertz CT molecular complexity index is 3000. The van der Waals surface area contributed by atoms with Crippen LogP contribution in [-0.2, 0) is 78.3 Å². The predicted octanol–water partition coefficient (Wildman–Crippen LogP) is -7.11. The molecule has 0 aromatic heterocycles. The number of carbonyl (C=O) groups is 15. The number of likely N-dealkylation sites (tertiary alicyclic amines) is 2. The summed E-state index contributed by atoms with van der Waals surface area (Å²) in [4.78, 5) is 205. The second kappa shape index (κ2) is 38.0. The summed E-state index contributed by atoms with van der Waals surface area (Å²) in [7, 11) is 0. The molecule has 3 heterocycles. The van der Waals surface area contributed by atoms with E-state index in [1.165, 1.54) is 47.9 Å². The normalized spacial score (nSPS) is 19.7. The van der Waals surface area contributed by atoms with E-state index in [1.54, 1.807) is 0 Å². The van der Waals surface area contributed by atoms with Gasteiger partial charge in [-0.1, -0.05) is 60.1 Å². The van der Waals surface area contributed by atoms with Crippen LogP contribution in [0.2, 0.25) is 0 Å². The number of phenolic OH excluding ortho intramolecular Hbond substituents is 1. The molecule has 0 bridgehead atoms. The number of nitrogens with two attached hydrogens (primary N) is 3. The van der Waals surface area contributed by atoms with E-state index < -0.39 is 199 Å². The van der Waals surface area contributed by atoms with Gasteiger partial charge >= 0.3 is 0 Å². The van der Waals surface area contributed by atoms with Crippen molar-refractivity contribution in [1.82, 2.24) is 68.3 Å². The minimum Gasteiger partial charge on any atom is -0.508 e. The molecule has 3 fully saturated rings. The van der Waals surface area contributed by atoms with Gasteiger partial charge in [-0.2, -0.15) is 0 Å². The Hall–Kier alpha value is -9.09. The van der Waals surface area contributed by atoms with Crippen LogP contribution < -0.4 is 75.7 Å². The standard InChI is InChI=1S/C62H98N16O19/c1-9-31(6)48(74-52(87)36-13-10-20-66-36)58(93)72-40(23-29(2)3)61(96)78-22-12-15-43(78)62(97)77-21-11-14-42(77)56(91)76-50(33(8)81)60(95)71-39(26-45(64)84)53(88)73-47(30(4)5)57(92)67-27-46(85)68-41(28-79)55(90)70-38(25-44(63)83)54(89)75-49(32(7)80)59(94)69-37(51(65)86)24-34-16-18-35(82)19-17-34/h16-19,29-33,36-43,47-50,66,79-82H,9-15,20-28H2,1-8H3,(H2,63,83)(H2,64,84)(H2,65,86)(H,67,92)(H,68,85)(H,69,94)(H,70,90)(H,71,95)(H,72,93)(H,73,88)(H,74,87)(H,75,89)(H,76,91)/t31-,32+,33+,36-,37-,38-,39-,40-,41-,42-,43-,47-,48-,49-,50-/m0/s1. The van der Waals surface area contributed by atoms with Gasteiger partial charge in [0, 0.05) is 19.5 Å². The molecule has 97 heavy (non-hydrogen) atoms. The maximum absolute atomic E-state index is 14.5. The Kier molecular flexibility index (Phi) is 31.5. The average molecular weight is 1370 g/mol. The molecule has 0 saturated carbocycles. The van der Waals surface area contributed by atoms with Crippen molar-refractivity contribution >= 4 is 88.6 Å². The second-order valence-electron chi connectivity index (χ2n) is 25.6. The van der Waals surface area contributed by atoms with Crippen molar-refractivity contribution in [2.45, 2.75) is 211 Å². The van der Waals surface area contributed by atoms with Gasteiger partial charge in [-0.25, -0.2) is 0 Å². The molecule has 35 nitrogen and oxygen atoms in total. The minimum absolute atomic E-state index is 0.0753. The number of nitrogens with one attached hydrogen (secondary N) is 11. The maximum atomic E-state index is 14.5. The Morgan fingerprint density at radius 3 is 1.55 bits per heavy atom. The molecule has 540 valence electrons. The quantitative estimate of drug-likeness (QED) is 0.0294. The van der Waals surface area contributed by atoms with Gasteiger partial charge in [0.15, 0.2) is 0 Å². The van der Waals surface area contributed by atoms with Crippen molar-refractivity contribution in [3.05, 3.63) is 29.8 Å². The number of hydrogen-bond donors (Lipinski definition) is 18. The second-order valence-corrected chi connectivity index (χ2v) is 25.6. The molecule has 0 aliphatic carbocycles. The fourth-order valence-electron chi connectivity index (χ4n) is 11.3. The molecule has 35 heteroatoms. The molecular formula is C62H98N16O19. The highest BCUT2D eigenvalue weighted by Gasteiger charge is 2.46. The smallest absolute Gasteiger partial charge is 0.246 e. The van der Waals surface area contributed by atoms with Crippen molar-refractivity contribution in [1.29, 1.82) is 0 Å². The zero-order valence-electron chi connectivity index (χ0n) is 56.0. The van der Waals surface area contributed by atoms with Crippen molar-refractivity contribution in [2.75, 3.05) is 32.8 Å². The molecule has 3 saturated heterocycles. The van der Waals surface area contributed by atoms with Crippen molar-refractivity contribution in [2.24, 2.45) is 35.0 Å². The first-order valence-electron chi connectivity index (χ1n) is 32.5. The maximum Gasteiger partial charge on any atom is 0.246 e. The number of phenols is 1. The molecule has 0 spiro atoms. The molecule has 3 aliphatic heterocycles. The summed E-state index contributed by atoms with van der Waals surface area (Å²) in [6.07, 6.45) is -2.08. The average Bonchev–Trinajstić information content (AvgIpc) is 1.68. The van der Waals surface area contributed by atoms with Gasteiger partial charge in [0.05, 0.1) is 44.2 Å². The number of rotatable bonds is 37. The molecule has 15 atom stereocenters. The highest BCUT2D eigenvalue weighted by atomic mass is 16.3. The SMILES string of the molecule is CC[C@H](C)[C@H](NC(=O)[C@@H]1CCCN1)C(=O)N[C@@H](CC(C)C)C(=O)N1CCC[C@H]1C(=O)N1CCC[C@H]1C(=O)N[C@H](C(=O)N[C@@H](CC(N)=O)C(=O)N[C@H](C(=O)NCC(=O)N[C@@H](CO)C(=O)N[C@@H](CC(N)=O)C(=O)N[C@H](C(=O)N[C@@H](Cc1ccc(O)cc1)C(N)=O)[C@@H](C)O)C(C)C)[C@@H](C)O. The third kappa shape index (κ3) is 24.2. The van der Waals surface area contributed by atoms with Crippen molar-refractivity contribution in [3.8, 4) is 5.75 Å². The Balaban J connectivity index is 1.39.